The van der Waals surface area contributed by atoms with Crippen molar-refractivity contribution < 1.29 is 0 Å². The van der Waals surface area contributed by atoms with Crippen molar-refractivity contribution >= 4 is 28.3 Å². The zero-order valence-electron chi connectivity index (χ0n) is 7.34. The van der Waals surface area contributed by atoms with Gasteiger partial charge in [-0.25, -0.2) is 0 Å². The summed E-state index contributed by atoms with van der Waals surface area (Å²) in [5.41, 5.74) is 6.18. The molecule has 0 aromatic heterocycles. The maximum absolute atomic E-state index is 5.36. The Kier molecular flexibility index (Phi) is 15.1. The summed E-state index contributed by atoms with van der Waals surface area (Å²) in [6, 6.07) is 9.49. The minimum atomic E-state index is 0.822. The van der Waals surface area contributed by atoms with E-state index in [0.29, 0.717) is 0 Å². The zero-order valence-corrected chi connectivity index (χ0v) is 9.50. The molecule has 0 radical (unpaired) electrons. The first-order valence-corrected chi connectivity index (χ1v) is 5.73. The predicted octanol–water partition coefficient (Wildman–Crippen LogP) is 3.35. The first kappa shape index (κ1) is 13.3. The summed E-state index contributed by atoms with van der Waals surface area (Å²) in [4.78, 5) is 1.97. The van der Waals surface area contributed by atoms with Crippen LogP contribution in [0.1, 0.15) is 13.8 Å². The lowest BCUT2D eigenvalue weighted by Crippen LogP contribution is -1.79. The summed E-state index contributed by atoms with van der Waals surface area (Å²) >= 11 is 2.15. The van der Waals surface area contributed by atoms with Gasteiger partial charge in [0.05, 0.1) is 0 Å². The first-order valence-electron chi connectivity index (χ1n) is 3.58. The number of nitrogen functional groups attached to an aromatic ring is 1. The van der Waals surface area contributed by atoms with Crippen molar-refractivity contribution in [2.24, 2.45) is 0 Å². The van der Waals surface area contributed by atoms with Crippen molar-refractivity contribution in [1.82, 2.24) is 0 Å². The van der Waals surface area contributed by atoms with Crippen molar-refractivity contribution in [1.29, 1.82) is 0 Å². The Hall–Kier alpha value is -0.250. The Labute approximate surface area is 83.1 Å². The summed E-state index contributed by atoms with van der Waals surface area (Å²) in [5, 5.41) is 0. The van der Waals surface area contributed by atoms with Gasteiger partial charge in [-0.05, 0) is 17.1 Å². The van der Waals surface area contributed by atoms with Gasteiger partial charge in [0.1, 0.15) is 0 Å². The van der Waals surface area contributed by atoms with E-state index in [4.69, 9.17) is 5.73 Å². The number of nitrogens with two attached hydrogens (primary N) is 1. The molecule has 0 aliphatic heterocycles. The Morgan fingerprint density at radius 3 is 1.55 bits per heavy atom. The molecule has 1 aromatic carbocycles. The molecule has 0 bridgehead atoms. The van der Waals surface area contributed by atoms with Gasteiger partial charge in [0.25, 0.3) is 0 Å². The van der Waals surface area contributed by atoms with E-state index in [1.54, 1.807) is 0 Å². The van der Waals surface area contributed by atoms with E-state index in [9.17, 15) is 0 Å². The van der Waals surface area contributed by atoms with E-state index in [0.717, 1.165) is 5.69 Å². The average Bonchev–Trinajstić information content (AvgIpc) is 2.13. The van der Waals surface area contributed by atoms with Crippen LogP contribution in [-0.2, 0) is 0 Å². The van der Waals surface area contributed by atoms with E-state index in [1.807, 2.05) is 49.1 Å². The molecule has 0 atom stereocenters. The van der Waals surface area contributed by atoms with Crippen LogP contribution in [0.4, 0.5) is 5.69 Å². The van der Waals surface area contributed by atoms with Gasteiger partial charge in [-0.1, -0.05) is 54.6 Å². The number of hydrogen-bond donors (Lipinski definition) is 1. The lowest BCUT2D eigenvalue weighted by atomic mass is 10.3. The van der Waals surface area contributed by atoms with Crippen molar-refractivity contribution in [3.8, 4) is 0 Å². The van der Waals surface area contributed by atoms with E-state index in [2.05, 4.69) is 22.6 Å². The minimum absolute atomic E-state index is 0.822. The van der Waals surface area contributed by atoms with Gasteiger partial charge in [0, 0.05) is 5.69 Å². The summed E-state index contributed by atoms with van der Waals surface area (Å²) in [7, 11) is 0. The van der Waals surface area contributed by atoms with Gasteiger partial charge in [0.2, 0.25) is 0 Å². The highest BCUT2D eigenvalue weighted by Gasteiger charge is 1.72. The molecule has 2 N–H and O–H groups in total. The molecule has 0 saturated heterocycles. The smallest absolute Gasteiger partial charge is 0.0313 e. The van der Waals surface area contributed by atoms with E-state index in [-0.39, 0.29) is 0 Å². The predicted molar refractivity (Wildman–Crippen MR) is 62.1 cm³/mol. The van der Waals surface area contributed by atoms with E-state index >= 15 is 0 Å². The second-order valence-corrected chi connectivity index (χ2v) is 1.41. The largest absolute Gasteiger partial charge is 0.399 e. The molecule has 0 saturated carbocycles. The topological polar surface area (TPSA) is 26.0 Å². The number of para-hydroxylation sites is 1. The fraction of sp³-hybridized carbons (Fsp3) is 0.333. The van der Waals surface area contributed by atoms with Crippen LogP contribution in [0.5, 0.6) is 0 Å². The molecule has 0 spiro atoms. The number of anilines is 1. The molecule has 0 aliphatic carbocycles. The summed E-state index contributed by atoms with van der Waals surface area (Å²) in [6.07, 6.45) is 0. The van der Waals surface area contributed by atoms with Gasteiger partial charge in [0.15, 0.2) is 0 Å². The summed E-state index contributed by atoms with van der Waals surface area (Å²) in [5.74, 6) is 0. The number of hydrogen-bond acceptors (Lipinski definition) is 1. The van der Waals surface area contributed by atoms with Crippen LogP contribution >= 0.6 is 22.6 Å². The third kappa shape index (κ3) is 9.75. The molecule has 0 aliphatic rings. The highest BCUT2D eigenvalue weighted by atomic mass is 127. The molecule has 0 heterocycles. The van der Waals surface area contributed by atoms with Crippen LogP contribution in [0.25, 0.3) is 0 Å². The van der Waals surface area contributed by atoms with Gasteiger partial charge in [-0.2, -0.15) is 0 Å². The van der Waals surface area contributed by atoms with Gasteiger partial charge in [-0.3, -0.25) is 0 Å². The molecule has 1 nitrogen and oxygen atoms in total. The zero-order chi connectivity index (χ0) is 9.11. The quantitative estimate of drug-likeness (QED) is 0.434. The number of benzene rings is 1. The SMILES string of the molecule is CC.CI.Nc1ccccc1. The van der Waals surface area contributed by atoms with E-state index in [1.165, 1.54) is 0 Å². The Balaban J connectivity index is 0. The standard InChI is InChI=1S/C6H7N.C2H6.CH3I/c7-6-4-2-1-3-5-6;2*1-2/h1-5H,7H2;1-2H3;1H3. The molecule has 0 unspecified atom stereocenters. The number of alkyl halides is 1. The molecule has 1 rings (SSSR count). The summed E-state index contributed by atoms with van der Waals surface area (Å²) in [6.45, 7) is 4.00. The fourth-order valence-electron chi connectivity index (χ4n) is 0.453. The number of rotatable bonds is 0. The second kappa shape index (κ2) is 12.4. The third-order valence-electron chi connectivity index (χ3n) is 0.800. The summed E-state index contributed by atoms with van der Waals surface area (Å²) < 4.78 is 0. The lowest BCUT2D eigenvalue weighted by molar-refractivity contribution is 1.50. The van der Waals surface area contributed by atoms with Gasteiger partial charge >= 0.3 is 0 Å². The third-order valence-corrected chi connectivity index (χ3v) is 0.800. The van der Waals surface area contributed by atoms with Crippen LogP contribution in [0.2, 0.25) is 0 Å². The van der Waals surface area contributed by atoms with Crippen LogP contribution < -0.4 is 5.73 Å². The Bertz CT molecular complexity index is 139. The van der Waals surface area contributed by atoms with Crippen molar-refractivity contribution in [2.75, 3.05) is 10.7 Å². The van der Waals surface area contributed by atoms with E-state index < -0.39 is 0 Å². The fourth-order valence-corrected chi connectivity index (χ4v) is 0.453. The molecule has 64 valence electrons. The molecule has 0 amide bonds. The monoisotopic (exact) mass is 265 g/mol. The molecule has 0 fully saturated rings. The number of halogens is 1. The normalized spacial score (nSPS) is 6.55. The maximum atomic E-state index is 5.36. The average molecular weight is 265 g/mol. The van der Waals surface area contributed by atoms with Crippen LogP contribution in [-0.4, -0.2) is 4.93 Å². The Morgan fingerprint density at radius 2 is 1.36 bits per heavy atom. The van der Waals surface area contributed by atoms with Crippen LogP contribution in [0.3, 0.4) is 0 Å². The highest BCUT2D eigenvalue weighted by molar-refractivity contribution is 14.1. The van der Waals surface area contributed by atoms with Gasteiger partial charge < -0.3 is 5.73 Å². The molecular formula is C9H16IN. The Morgan fingerprint density at radius 1 is 1.00 bits per heavy atom. The molecule has 11 heavy (non-hydrogen) atoms. The van der Waals surface area contributed by atoms with Crippen LogP contribution in [0.15, 0.2) is 30.3 Å². The molecule has 2 heteroatoms. The first-order chi connectivity index (χ1) is 5.39. The van der Waals surface area contributed by atoms with Crippen molar-refractivity contribution in [2.45, 2.75) is 13.8 Å². The molecular weight excluding hydrogens is 249 g/mol. The lowest BCUT2D eigenvalue weighted by Gasteiger charge is -1.83. The highest BCUT2D eigenvalue weighted by Crippen LogP contribution is 1.95. The maximum Gasteiger partial charge on any atom is 0.0313 e. The minimum Gasteiger partial charge on any atom is -0.399 e. The van der Waals surface area contributed by atoms with Crippen LogP contribution in [0, 0.1) is 0 Å². The second-order valence-electron chi connectivity index (χ2n) is 1.41. The van der Waals surface area contributed by atoms with Crippen molar-refractivity contribution in [3.05, 3.63) is 30.3 Å². The van der Waals surface area contributed by atoms with Gasteiger partial charge in [-0.15, -0.1) is 0 Å². The molecule has 1 aromatic rings. The van der Waals surface area contributed by atoms with Crippen molar-refractivity contribution in [3.63, 3.8) is 0 Å².